The van der Waals surface area contributed by atoms with Crippen molar-refractivity contribution in [1.29, 1.82) is 0 Å². The second-order valence-electron chi connectivity index (χ2n) is 4.14. The van der Waals surface area contributed by atoms with Crippen LogP contribution >= 0.6 is 11.6 Å². The number of hydrogen-bond donors (Lipinski definition) is 1. The van der Waals surface area contributed by atoms with Crippen LogP contribution in [-0.4, -0.2) is 20.6 Å². The van der Waals surface area contributed by atoms with Crippen LogP contribution in [0.3, 0.4) is 0 Å². The number of rotatable bonds is 4. The molecule has 3 aromatic rings. The van der Waals surface area contributed by atoms with E-state index >= 15 is 0 Å². The molecule has 1 aromatic heterocycles. The Balaban J connectivity index is 1.75. The number of benzene rings is 2. The number of nitrogens with zero attached hydrogens (tertiary/aromatic N) is 3. The van der Waals surface area contributed by atoms with Gasteiger partial charge in [0.2, 0.25) is 5.82 Å². The molecule has 0 aliphatic rings. The van der Waals surface area contributed by atoms with Crippen molar-refractivity contribution in [3.05, 3.63) is 59.1 Å². The molecule has 0 aliphatic heterocycles. The Morgan fingerprint density at radius 1 is 1.10 bits per heavy atom. The molecule has 0 amide bonds. The summed E-state index contributed by atoms with van der Waals surface area (Å²) in [5, 5.41) is 14.5. The summed E-state index contributed by atoms with van der Waals surface area (Å²) in [7, 11) is 0. The molecule has 100 valence electrons. The van der Waals surface area contributed by atoms with Crippen LogP contribution in [0.25, 0.3) is 11.4 Å². The molecule has 5 nitrogen and oxygen atoms in total. The second-order valence-corrected chi connectivity index (χ2v) is 4.55. The minimum atomic E-state index is 0.412. The highest BCUT2D eigenvalue weighted by atomic mass is 35.5. The van der Waals surface area contributed by atoms with E-state index in [0.29, 0.717) is 17.5 Å². The van der Waals surface area contributed by atoms with E-state index in [1.165, 1.54) is 0 Å². The molecule has 0 aliphatic carbocycles. The summed E-state index contributed by atoms with van der Waals surface area (Å²) >= 11 is 6.09. The van der Waals surface area contributed by atoms with Gasteiger partial charge in [0.1, 0.15) is 12.4 Å². The molecule has 0 spiro atoms. The third kappa shape index (κ3) is 2.78. The molecule has 6 heteroatoms. The first-order valence-corrected chi connectivity index (χ1v) is 6.41. The number of aromatic amines is 1. The van der Waals surface area contributed by atoms with Crippen molar-refractivity contribution in [3.8, 4) is 17.1 Å². The molecule has 0 atom stereocenters. The zero-order valence-electron chi connectivity index (χ0n) is 10.5. The van der Waals surface area contributed by atoms with Gasteiger partial charge in [-0.25, -0.2) is 0 Å². The zero-order valence-corrected chi connectivity index (χ0v) is 11.2. The van der Waals surface area contributed by atoms with Crippen molar-refractivity contribution >= 4 is 11.6 Å². The van der Waals surface area contributed by atoms with Crippen LogP contribution in [-0.2, 0) is 6.61 Å². The fourth-order valence-electron chi connectivity index (χ4n) is 1.79. The molecule has 0 radical (unpaired) electrons. The van der Waals surface area contributed by atoms with Crippen LogP contribution in [0.1, 0.15) is 5.56 Å². The van der Waals surface area contributed by atoms with Crippen molar-refractivity contribution in [1.82, 2.24) is 20.6 Å². The van der Waals surface area contributed by atoms with E-state index in [-0.39, 0.29) is 0 Å². The van der Waals surface area contributed by atoms with Gasteiger partial charge in [0.15, 0.2) is 0 Å². The number of ether oxygens (including phenoxy) is 1. The van der Waals surface area contributed by atoms with Gasteiger partial charge >= 0.3 is 0 Å². The first-order valence-electron chi connectivity index (χ1n) is 6.03. The average molecular weight is 287 g/mol. The van der Waals surface area contributed by atoms with Crippen LogP contribution in [0, 0.1) is 0 Å². The lowest BCUT2D eigenvalue weighted by molar-refractivity contribution is 0.306. The smallest absolute Gasteiger partial charge is 0.204 e. The SMILES string of the molecule is Clc1ccccc1COc1cccc(-c2nn[nH]n2)c1. The van der Waals surface area contributed by atoms with Gasteiger partial charge < -0.3 is 4.74 Å². The number of hydrogen-bond acceptors (Lipinski definition) is 4. The van der Waals surface area contributed by atoms with E-state index < -0.39 is 0 Å². The van der Waals surface area contributed by atoms with E-state index in [1.54, 1.807) is 0 Å². The molecule has 0 saturated heterocycles. The topological polar surface area (TPSA) is 63.7 Å². The van der Waals surface area contributed by atoms with Crippen molar-refractivity contribution in [3.63, 3.8) is 0 Å². The van der Waals surface area contributed by atoms with Gasteiger partial charge in [-0.2, -0.15) is 5.21 Å². The molecule has 0 saturated carbocycles. The van der Waals surface area contributed by atoms with Crippen molar-refractivity contribution in [2.24, 2.45) is 0 Å². The molecule has 0 unspecified atom stereocenters. The van der Waals surface area contributed by atoms with Crippen LogP contribution in [0.2, 0.25) is 5.02 Å². The number of nitrogens with one attached hydrogen (secondary N) is 1. The van der Waals surface area contributed by atoms with Gasteiger partial charge in [-0.05, 0) is 23.4 Å². The molecule has 20 heavy (non-hydrogen) atoms. The summed E-state index contributed by atoms with van der Waals surface area (Å²) in [4.78, 5) is 0. The maximum atomic E-state index is 6.09. The quantitative estimate of drug-likeness (QED) is 0.800. The fraction of sp³-hybridized carbons (Fsp3) is 0.0714. The lowest BCUT2D eigenvalue weighted by Crippen LogP contribution is -1.96. The Hall–Kier alpha value is -2.40. The molecule has 2 aromatic carbocycles. The van der Waals surface area contributed by atoms with Gasteiger partial charge in [0.05, 0.1) is 0 Å². The first-order chi connectivity index (χ1) is 9.83. The fourth-order valence-corrected chi connectivity index (χ4v) is 1.98. The molecule has 0 fully saturated rings. The number of halogens is 1. The van der Waals surface area contributed by atoms with E-state index in [2.05, 4.69) is 20.6 Å². The molecule has 0 bridgehead atoms. The summed E-state index contributed by atoms with van der Waals surface area (Å²) in [6.45, 7) is 0.412. The Morgan fingerprint density at radius 3 is 2.80 bits per heavy atom. The standard InChI is InChI=1S/C14H11ClN4O/c15-13-7-2-1-4-11(13)9-20-12-6-3-5-10(8-12)14-16-18-19-17-14/h1-8H,9H2,(H,16,17,18,19). The van der Waals surface area contributed by atoms with Gasteiger partial charge in [0.25, 0.3) is 0 Å². The lowest BCUT2D eigenvalue weighted by Gasteiger charge is -2.08. The Labute approximate surface area is 120 Å². The average Bonchev–Trinajstić information content (AvgIpc) is 3.01. The third-order valence-electron chi connectivity index (χ3n) is 2.79. The van der Waals surface area contributed by atoms with Crippen LogP contribution in [0.4, 0.5) is 0 Å². The van der Waals surface area contributed by atoms with E-state index in [9.17, 15) is 0 Å². The molecular formula is C14H11ClN4O. The predicted molar refractivity (Wildman–Crippen MR) is 75.4 cm³/mol. The highest BCUT2D eigenvalue weighted by molar-refractivity contribution is 6.31. The highest BCUT2D eigenvalue weighted by Gasteiger charge is 2.05. The summed E-state index contributed by atoms with van der Waals surface area (Å²) in [6.07, 6.45) is 0. The predicted octanol–water partition coefficient (Wildman–Crippen LogP) is 3.10. The Bertz CT molecular complexity index is 700. The second kappa shape index (κ2) is 5.71. The van der Waals surface area contributed by atoms with Gasteiger partial charge in [-0.3, -0.25) is 0 Å². The van der Waals surface area contributed by atoms with Gasteiger partial charge in [-0.1, -0.05) is 41.9 Å². The molecule has 1 heterocycles. The third-order valence-corrected chi connectivity index (χ3v) is 3.16. The molecular weight excluding hydrogens is 276 g/mol. The minimum absolute atomic E-state index is 0.412. The summed E-state index contributed by atoms with van der Waals surface area (Å²) < 4.78 is 5.74. The normalized spacial score (nSPS) is 10.4. The van der Waals surface area contributed by atoms with E-state index in [4.69, 9.17) is 16.3 Å². The molecule has 1 N–H and O–H groups in total. The van der Waals surface area contributed by atoms with Crippen LogP contribution in [0.5, 0.6) is 5.75 Å². The zero-order chi connectivity index (χ0) is 13.8. The van der Waals surface area contributed by atoms with E-state index in [1.807, 2.05) is 48.5 Å². The Morgan fingerprint density at radius 2 is 2.00 bits per heavy atom. The maximum Gasteiger partial charge on any atom is 0.204 e. The highest BCUT2D eigenvalue weighted by Crippen LogP contribution is 2.22. The lowest BCUT2D eigenvalue weighted by atomic mass is 10.2. The first kappa shape index (κ1) is 12.6. The van der Waals surface area contributed by atoms with Crippen molar-refractivity contribution in [2.45, 2.75) is 6.61 Å². The van der Waals surface area contributed by atoms with Crippen LogP contribution in [0.15, 0.2) is 48.5 Å². The monoisotopic (exact) mass is 286 g/mol. The number of aromatic nitrogens is 4. The summed E-state index contributed by atoms with van der Waals surface area (Å²) in [6, 6.07) is 15.1. The van der Waals surface area contributed by atoms with Crippen LogP contribution < -0.4 is 4.74 Å². The van der Waals surface area contributed by atoms with E-state index in [0.717, 1.165) is 16.9 Å². The Kier molecular flexibility index (Phi) is 3.60. The maximum absolute atomic E-state index is 6.09. The van der Waals surface area contributed by atoms with Gasteiger partial charge in [-0.15, -0.1) is 10.2 Å². The van der Waals surface area contributed by atoms with Crippen molar-refractivity contribution < 1.29 is 4.74 Å². The minimum Gasteiger partial charge on any atom is -0.489 e. The summed E-state index contributed by atoms with van der Waals surface area (Å²) in [5.74, 6) is 1.26. The van der Waals surface area contributed by atoms with Gasteiger partial charge in [0, 0.05) is 16.1 Å². The largest absolute Gasteiger partial charge is 0.489 e. The molecule has 3 rings (SSSR count). The number of H-pyrrole nitrogens is 1. The van der Waals surface area contributed by atoms with Crippen molar-refractivity contribution in [2.75, 3.05) is 0 Å². The number of tetrazole rings is 1. The summed E-state index contributed by atoms with van der Waals surface area (Å²) in [5.41, 5.74) is 1.79.